The van der Waals surface area contributed by atoms with E-state index >= 15 is 0 Å². The van der Waals surface area contributed by atoms with Crippen LogP contribution in [0.5, 0.6) is 11.5 Å². The van der Waals surface area contributed by atoms with Crippen LogP contribution >= 0.6 is 15.9 Å². The van der Waals surface area contributed by atoms with Gasteiger partial charge in [0.15, 0.2) is 11.5 Å². The van der Waals surface area contributed by atoms with Crippen LogP contribution in [0.15, 0.2) is 40.9 Å². The maximum atomic E-state index is 11.7. The number of nitrogens with one attached hydrogen (secondary N) is 2. The Bertz CT molecular complexity index is 761. The first-order valence-electron chi connectivity index (χ1n) is 9.17. The van der Waals surface area contributed by atoms with Crippen LogP contribution in [-0.2, 0) is 11.3 Å². The topological polar surface area (TPSA) is 59.6 Å². The molecule has 6 heteroatoms. The van der Waals surface area contributed by atoms with Gasteiger partial charge in [-0.25, -0.2) is 0 Å². The van der Waals surface area contributed by atoms with Crippen molar-refractivity contribution in [1.82, 2.24) is 0 Å². The third-order valence-electron chi connectivity index (χ3n) is 3.83. The monoisotopic (exact) mass is 434 g/mol. The minimum atomic E-state index is -0.0413. The normalized spacial score (nSPS) is 10.6. The second-order valence-electron chi connectivity index (χ2n) is 6.35. The van der Waals surface area contributed by atoms with E-state index < -0.39 is 0 Å². The summed E-state index contributed by atoms with van der Waals surface area (Å²) in [6.45, 7) is 9.44. The average molecular weight is 435 g/mol. The minimum Gasteiger partial charge on any atom is -0.490 e. The van der Waals surface area contributed by atoms with Crippen LogP contribution in [0.1, 0.15) is 33.3 Å². The first-order valence-corrected chi connectivity index (χ1v) is 9.96. The number of halogens is 1. The van der Waals surface area contributed by atoms with Gasteiger partial charge < -0.3 is 20.1 Å². The Balaban J connectivity index is 2.04. The summed E-state index contributed by atoms with van der Waals surface area (Å²) in [4.78, 5) is 11.7. The first-order chi connectivity index (χ1) is 12.9. The minimum absolute atomic E-state index is 0.0124. The smallest absolute Gasteiger partial charge is 0.226 e. The Labute approximate surface area is 169 Å². The highest BCUT2D eigenvalue weighted by Crippen LogP contribution is 2.37. The van der Waals surface area contributed by atoms with Crippen molar-refractivity contribution in [1.29, 1.82) is 0 Å². The second kappa shape index (κ2) is 10.2. The molecule has 2 N–H and O–H groups in total. The number of ether oxygens (including phenoxy) is 2. The Morgan fingerprint density at radius 1 is 1.04 bits per heavy atom. The van der Waals surface area contributed by atoms with Gasteiger partial charge in [0.1, 0.15) is 0 Å². The van der Waals surface area contributed by atoms with E-state index in [1.165, 1.54) is 0 Å². The maximum absolute atomic E-state index is 11.7. The molecule has 2 aromatic carbocycles. The molecule has 2 aromatic rings. The highest BCUT2D eigenvalue weighted by molar-refractivity contribution is 9.10. The van der Waals surface area contributed by atoms with Gasteiger partial charge in [-0.2, -0.15) is 0 Å². The van der Waals surface area contributed by atoms with Crippen LogP contribution in [0.25, 0.3) is 0 Å². The Morgan fingerprint density at radius 2 is 1.67 bits per heavy atom. The van der Waals surface area contributed by atoms with Crippen molar-refractivity contribution in [3.8, 4) is 11.5 Å². The van der Waals surface area contributed by atoms with E-state index in [-0.39, 0.29) is 11.8 Å². The summed E-state index contributed by atoms with van der Waals surface area (Å²) in [6.07, 6.45) is 0. The van der Waals surface area contributed by atoms with Gasteiger partial charge in [0.05, 0.1) is 17.7 Å². The van der Waals surface area contributed by atoms with Gasteiger partial charge in [-0.05, 0) is 71.7 Å². The molecule has 146 valence electrons. The zero-order chi connectivity index (χ0) is 19.8. The number of amides is 1. The van der Waals surface area contributed by atoms with E-state index in [1.807, 2.05) is 64.1 Å². The van der Waals surface area contributed by atoms with Crippen molar-refractivity contribution >= 4 is 33.2 Å². The lowest BCUT2D eigenvalue weighted by Crippen LogP contribution is -2.17. The number of anilines is 2. The Morgan fingerprint density at radius 3 is 2.26 bits per heavy atom. The third-order valence-corrected chi connectivity index (χ3v) is 4.42. The van der Waals surface area contributed by atoms with Crippen LogP contribution in [0, 0.1) is 5.92 Å². The van der Waals surface area contributed by atoms with Gasteiger partial charge in [0.25, 0.3) is 0 Å². The highest BCUT2D eigenvalue weighted by Gasteiger charge is 2.12. The molecule has 0 saturated carbocycles. The van der Waals surface area contributed by atoms with Crippen molar-refractivity contribution < 1.29 is 14.3 Å². The van der Waals surface area contributed by atoms with Crippen LogP contribution in [-0.4, -0.2) is 19.1 Å². The van der Waals surface area contributed by atoms with Gasteiger partial charge in [-0.15, -0.1) is 0 Å². The fraction of sp³-hybridized carbons (Fsp3) is 0.381. The summed E-state index contributed by atoms with van der Waals surface area (Å²) < 4.78 is 12.3. The predicted octanol–water partition coefficient (Wildman–Crippen LogP) is 5.45. The molecular weight excluding hydrogens is 408 g/mol. The molecular formula is C21H27BrN2O3. The number of benzene rings is 2. The standard InChI is InChI=1S/C21H27BrN2O3/c1-5-26-19-12-15(11-18(22)20(19)27-6-2)13-23-16-7-9-17(10-8-16)24-21(25)14(3)4/h7-12,14,23H,5-6,13H2,1-4H3,(H,24,25). The molecule has 0 aliphatic heterocycles. The molecule has 2 rings (SSSR count). The molecule has 0 unspecified atom stereocenters. The molecule has 0 spiro atoms. The van der Waals surface area contributed by atoms with E-state index in [1.54, 1.807) is 0 Å². The summed E-state index contributed by atoms with van der Waals surface area (Å²) in [5.41, 5.74) is 2.84. The molecule has 0 aromatic heterocycles. The summed E-state index contributed by atoms with van der Waals surface area (Å²) >= 11 is 3.57. The van der Waals surface area contributed by atoms with Gasteiger partial charge >= 0.3 is 0 Å². The Hall–Kier alpha value is -2.21. The van der Waals surface area contributed by atoms with Gasteiger partial charge in [0, 0.05) is 23.8 Å². The van der Waals surface area contributed by atoms with Crippen LogP contribution in [0.3, 0.4) is 0 Å². The van der Waals surface area contributed by atoms with Gasteiger partial charge in [0.2, 0.25) is 5.91 Å². The lowest BCUT2D eigenvalue weighted by Gasteiger charge is -2.15. The van der Waals surface area contributed by atoms with Crippen molar-refractivity contribution in [2.24, 2.45) is 5.92 Å². The molecule has 0 saturated heterocycles. The van der Waals surface area contributed by atoms with Crippen molar-refractivity contribution in [3.63, 3.8) is 0 Å². The quantitative estimate of drug-likeness (QED) is 0.550. The predicted molar refractivity (Wildman–Crippen MR) is 114 cm³/mol. The van der Waals surface area contributed by atoms with Gasteiger partial charge in [-0.1, -0.05) is 13.8 Å². The second-order valence-corrected chi connectivity index (χ2v) is 7.20. The van der Waals surface area contributed by atoms with E-state index in [0.29, 0.717) is 19.8 Å². The molecule has 0 heterocycles. The molecule has 0 bridgehead atoms. The van der Waals surface area contributed by atoms with E-state index in [0.717, 1.165) is 32.9 Å². The number of carbonyl (C=O) groups is 1. The summed E-state index contributed by atoms with van der Waals surface area (Å²) in [6, 6.07) is 11.7. The Kier molecular flexibility index (Phi) is 7.98. The molecule has 0 aliphatic rings. The first kappa shape index (κ1) is 21.1. The fourth-order valence-corrected chi connectivity index (χ4v) is 3.04. The lowest BCUT2D eigenvalue weighted by molar-refractivity contribution is -0.118. The zero-order valence-electron chi connectivity index (χ0n) is 16.3. The summed E-state index contributed by atoms with van der Waals surface area (Å²) in [7, 11) is 0. The fourth-order valence-electron chi connectivity index (χ4n) is 2.43. The van der Waals surface area contributed by atoms with Crippen molar-refractivity contribution in [2.75, 3.05) is 23.8 Å². The number of rotatable bonds is 9. The van der Waals surface area contributed by atoms with Gasteiger partial charge in [-0.3, -0.25) is 4.79 Å². The zero-order valence-corrected chi connectivity index (χ0v) is 17.9. The van der Waals surface area contributed by atoms with E-state index in [4.69, 9.17) is 9.47 Å². The van der Waals surface area contributed by atoms with Crippen molar-refractivity contribution in [2.45, 2.75) is 34.2 Å². The number of hydrogen-bond donors (Lipinski definition) is 2. The van der Waals surface area contributed by atoms with Crippen molar-refractivity contribution in [3.05, 3.63) is 46.4 Å². The summed E-state index contributed by atoms with van der Waals surface area (Å²) in [5.74, 6) is 1.43. The third kappa shape index (κ3) is 6.17. The van der Waals surface area contributed by atoms with Crippen LogP contribution in [0.2, 0.25) is 0 Å². The molecule has 0 atom stereocenters. The number of carbonyl (C=O) groups excluding carboxylic acids is 1. The molecule has 1 amide bonds. The van der Waals surface area contributed by atoms with E-state index in [2.05, 4.69) is 26.6 Å². The molecule has 27 heavy (non-hydrogen) atoms. The van der Waals surface area contributed by atoms with Crippen LogP contribution < -0.4 is 20.1 Å². The molecule has 5 nitrogen and oxygen atoms in total. The maximum Gasteiger partial charge on any atom is 0.226 e. The SMILES string of the molecule is CCOc1cc(CNc2ccc(NC(=O)C(C)C)cc2)cc(Br)c1OCC. The molecule has 0 radical (unpaired) electrons. The largest absolute Gasteiger partial charge is 0.490 e. The van der Waals surface area contributed by atoms with E-state index in [9.17, 15) is 4.79 Å². The highest BCUT2D eigenvalue weighted by atomic mass is 79.9. The lowest BCUT2D eigenvalue weighted by atomic mass is 10.2. The average Bonchev–Trinajstić information content (AvgIpc) is 2.64. The molecule has 0 fully saturated rings. The molecule has 0 aliphatic carbocycles. The summed E-state index contributed by atoms with van der Waals surface area (Å²) in [5, 5.41) is 6.27. The number of hydrogen-bond acceptors (Lipinski definition) is 4. The van der Waals surface area contributed by atoms with Crippen LogP contribution in [0.4, 0.5) is 11.4 Å².